The molecule has 1 amide bonds. The Morgan fingerprint density at radius 3 is 2.72 bits per heavy atom. The fraction of sp³-hybridized carbons (Fsp3) is 0.600. The lowest BCUT2D eigenvalue weighted by Gasteiger charge is -2.41. The molecule has 2 rings (SSSR count). The van der Waals surface area contributed by atoms with Crippen molar-refractivity contribution in [1.29, 1.82) is 5.26 Å². The van der Waals surface area contributed by atoms with Crippen molar-refractivity contribution in [2.75, 3.05) is 13.1 Å². The van der Waals surface area contributed by atoms with Gasteiger partial charge in [-0.2, -0.15) is 5.26 Å². The Bertz CT molecular complexity index is 722. The van der Waals surface area contributed by atoms with E-state index in [1.165, 1.54) is 0 Å². The highest BCUT2D eigenvalue weighted by Gasteiger charge is 2.34. The third kappa shape index (κ3) is 4.32. The first kappa shape index (κ1) is 19.3. The van der Waals surface area contributed by atoms with E-state index in [1.54, 1.807) is 11.0 Å². The number of aryl methyl sites for hydroxylation is 1. The molecule has 5 heteroatoms. The summed E-state index contributed by atoms with van der Waals surface area (Å²) in [5.41, 5.74) is 2.97. The van der Waals surface area contributed by atoms with Crippen LogP contribution in [-0.4, -0.2) is 40.2 Å². The largest absolute Gasteiger partial charge is 0.369 e. The smallest absolute Gasteiger partial charge is 0.264 e. The lowest BCUT2D eigenvalue weighted by molar-refractivity contribution is -0.154. The van der Waals surface area contributed by atoms with Crippen LogP contribution >= 0.6 is 0 Å². The molecule has 0 bridgehead atoms. The number of hydrogen-bond acceptors (Lipinski definition) is 3. The summed E-state index contributed by atoms with van der Waals surface area (Å²) in [4.78, 5) is 14.6. The zero-order chi connectivity index (χ0) is 18.8. The van der Waals surface area contributed by atoms with Crippen LogP contribution < -0.4 is 0 Å². The number of nitrogens with zero attached hydrogens (tertiary/aromatic N) is 3. The van der Waals surface area contributed by atoms with E-state index in [-0.39, 0.29) is 17.6 Å². The summed E-state index contributed by atoms with van der Waals surface area (Å²) in [6.07, 6.45) is 2.73. The monoisotopic (exact) mass is 343 g/mol. The molecule has 0 spiro atoms. The summed E-state index contributed by atoms with van der Waals surface area (Å²) in [5.74, 6) is -0.217. The van der Waals surface area contributed by atoms with Gasteiger partial charge in [0, 0.05) is 31.0 Å². The van der Waals surface area contributed by atoms with Gasteiger partial charge in [-0.3, -0.25) is 4.79 Å². The van der Waals surface area contributed by atoms with Crippen molar-refractivity contribution < 1.29 is 9.53 Å². The molecule has 0 radical (unpaired) electrons. The van der Waals surface area contributed by atoms with E-state index in [1.807, 2.05) is 33.8 Å². The maximum absolute atomic E-state index is 12.9. The molecule has 0 aliphatic carbocycles. The number of hydrogen-bond donors (Lipinski definition) is 0. The molecule has 0 saturated carbocycles. The standard InChI is InChI=1S/C20H29N3O2/c1-7-8-23-14(2)9-17(16(23)4)10-18(11-21)19(24)22-12-15(3)25-20(5,6)13-22/h9-10,15H,7-8,12-13H2,1-6H3/b18-10-/t15-/m0/s1. The Labute approximate surface area is 150 Å². The highest BCUT2D eigenvalue weighted by molar-refractivity contribution is 6.02. The van der Waals surface area contributed by atoms with Gasteiger partial charge in [0.05, 0.1) is 11.7 Å². The molecule has 1 saturated heterocycles. The average molecular weight is 343 g/mol. The number of rotatable bonds is 4. The van der Waals surface area contributed by atoms with E-state index in [2.05, 4.69) is 24.5 Å². The van der Waals surface area contributed by atoms with Gasteiger partial charge in [-0.1, -0.05) is 6.92 Å². The van der Waals surface area contributed by atoms with Crippen molar-refractivity contribution in [3.8, 4) is 6.07 Å². The average Bonchev–Trinajstić information content (AvgIpc) is 2.78. The van der Waals surface area contributed by atoms with Crippen LogP contribution in [0.5, 0.6) is 0 Å². The quantitative estimate of drug-likeness (QED) is 0.621. The summed E-state index contributed by atoms with van der Waals surface area (Å²) >= 11 is 0. The topological polar surface area (TPSA) is 58.3 Å². The Hall–Kier alpha value is -2.06. The van der Waals surface area contributed by atoms with Gasteiger partial charge < -0.3 is 14.2 Å². The SMILES string of the molecule is CCCn1c(C)cc(/C=C(/C#N)C(=O)N2C[C@H](C)OC(C)(C)C2)c1C. The van der Waals surface area contributed by atoms with Crippen molar-refractivity contribution in [1.82, 2.24) is 9.47 Å². The number of morpholine rings is 1. The number of ether oxygens (including phenoxy) is 1. The normalized spacial score (nSPS) is 20.4. The first-order valence-corrected chi connectivity index (χ1v) is 8.94. The van der Waals surface area contributed by atoms with Gasteiger partial charge >= 0.3 is 0 Å². The number of amides is 1. The molecule has 0 unspecified atom stereocenters. The lowest BCUT2D eigenvalue weighted by atomic mass is 10.0. The van der Waals surface area contributed by atoms with Crippen LogP contribution in [0.4, 0.5) is 0 Å². The number of nitriles is 1. The molecule has 0 N–H and O–H groups in total. The Balaban J connectivity index is 2.30. The maximum Gasteiger partial charge on any atom is 0.264 e. The van der Waals surface area contributed by atoms with Crippen molar-refractivity contribution in [3.05, 3.63) is 28.6 Å². The molecule has 1 aromatic heterocycles. The van der Waals surface area contributed by atoms with E-state index < -0.39 is 5.60 Å². The van der Waals surface area contributed by atoms with Gasteiger partial charge in [-0.15, -0.1) is 0 Å². The Kier molecular flexibility index (Phi) is 5.74. The molecule has 25 heavy (non-hydrogen) atoms. The molecule has 136 valence electrons. The van der Waals surface area contributed by atoms with Gasteiger partial charge in [-0.05, 0) is 58.7 Å². The minimum atomic E-state index is -0.398. The third-order valence-electron chi connectivity index (χ3n) is 4.57. The number of aromatic nitrogens is 1. The fourth-order valence-electron chi connectivity index (χ4n) is 3.62. The first-order chi connectivity index (χ1) is 11.7. The number of carbonyl (C=O) groups excluding carboxylic acids is 1. The van der Waals surface area contributed by atoms with Crippen molar-refractivity contribution in [2.45, 2.75) is 66.2 Å². The Morgan fingerprint density at radius 2 is 2.16 bits per heavy atom. The molecule has 2 heterocycles. The van der Waals surface area contributed by atoms with E-state index in [0.717, 1.165) is 29.9 Å². The van der Waals surface area contributed by atoms with E-state index in [0.29, 0.717) is 13.1 Å². The second kappa shape index (κ2) is 7.45. The molecular weight excluding hydrogens is 314 g/mol. The third-order valence-corrected chi connectivity index (χ3v) is 4.57. The van der Waals surface area contributed by atoms with E-state index in [9.17, 15) is 10.1 Å². The van der Waals surface area contributed by atoms with Crippen LogP contribution in [0.3, 0.4) is 0 Å². The van der Waals surface area contributed by atoms with Crippen molar-refractivity contribution in [3.63, 3.8) is 0 Å². The van der Waals surface area contributed by atoms with Crippen LogP contribution in [0, 0.1) is 25.2 Å². The summed E-state index contributed by atoms with van der Waals surface area (Å²) < 4.78 is 8.08. The van der Waals surface area contributed by atoms with Crippen LogP contribution in [-0.2, 0) is 16.1 Å². The predicted octanol–water partition coefficient (Wildman–Crippen LogP) is 3.45. The molecule has 1 atom stereocenters. The molecule has 0 aromatic carbocycles. The molecule has 1 fully saturated rings. The molecule has 1 aliphatic heterocycles. The van der Waals surface area contributed by atoms with Crippen molar-refractivity contribution in [2.24, 2.45) is 0 Å². The maximum atomic E-state index is 12.9. The second-order valence-electron chi connectivity index (χ2n) is 7.52. The molecular formula is C20H29N3O2. The summed E-state index contributed by atoms with van der Waals surface area (Å²) in [7, 11) is 0. The minimum Gasteiger partial charge on any atom is -0.369 e. The summed E-state index contributed by atoms with van der Waals surface area (Å²) in [6, 6.07) is 4.14. The van der Waals surface area contributed by atoms with Crippen LogP contribution in [0.1, 0.15) is 51.1 Å². The summed E-state index contributed by atoms with van der Waals surface area (Å²) in [6.45, 7) is 14.1. The first-order valence-electron chi connectivity index (χ1n) is 8.94. The molecule has 1 aromatic rings. The second-order valence-corrected chi connectivity index (χ2v) is 7.52. The molecule has 1 aliphatic rings. The van der Waals surface area contributed by atoms with Gasteiger partial charge in [-0.25, -0.2) is 0 Å². The van der Waals surface area contributed by atoms with E-state index in [4.69, 9.17) is 4.74 Å². The zero-order valence-electron chi connectivity index (χ0n) is 16.2. The summed E-state index contributed by atoms with van der Waals surface area (Å²) in [5, 5.41) is 9.55. The predicted molar refractivity (Wildman–Crippen MR) is 99.0 cm³/mol. The van der Waals surface area contributed by atoms with Crippen molar-refractivity contribution >= 4 is 12.0 Å². The van der Waals surface area contributed by atoms with Gasteiger partial charge in [0.25, 0.3) is 5.91 Å². The van der Waals surface area contributed by atoms with Gasteiger partial charge in [0.15, 0.2) is 0 Å². The highest BCUT2D eigenvalue weighted by atomic mass is 16.5. The Morgan fingerprint density at radius 1 is 1.48 bits per heavy atom. The molecule has 5 nitrogen and oxygen atoms in total. The highest BCUT2D eigenvalue weighted by Crippen LogP contribution is 2.24. The van der Waals surface area contributed by atoms with Crippen LogP contribution in [0.15, 0.2) is 11.6 Å². The fourth-order valence-corrected chi connectivity index (χ4v) is 3.62. The van der Waals surface area contributed by atoms with E-state index >= 15 is 0 Å². The zero-order valence-corrected chi connectivity index (χ0v) is 16.2. The minimum absolute atomic E-state index is 0.0396. The van der Waals surface area contributed by atoms with Crippen LogP contribution in [0.25, 0.3) is 6.08 Å². The van der Waals surface area contributed by atoms with Gasteiger partial charge in [0.2, 0.25) is 0 Å². The van der Waals surface area contributed by atoms with Gasteiger partial charge in [0.1, 0.15) is 11.6 Å². The van der Waals surface area contributed by atoms with Crippen LogP contribution in [0.2, 0.25) is 0 Å². The lowest BCUT2D eigenvalue weighted by Crippen LogP contribution is -2.54. The number of carbonyl (C=O) groups is 1.